The number of aryl methyl sites for hydroxylation is 2. The summed E-state index contributed by atoms with van der Waals surface area (Å²) in [5, 5.41) is 17.4. The smallest absolute Gasteiger partial charge is 0.305 e. The average Bonchev–Trinajstić information content (AvgIpc) is 2.66. The lowest BCUT2D eigenvalue weighted by molar-refractivity contribution is -0.385. The van der Waals surface area contributed by atoms with Gasteiger partial charge in [0.25, 0.3) is 5.91 Å². The van der Waals surface area contributed by atoms with E-state index < -0.39 is 10.8 Å². The van der Waals surface area contributed by atoms with E-state index in [1.165, 1.54) is 11.6 Å². The Bertz CT molecular complexity index is 692. The highest BCUT2D eigenvalue weighted by Crippen LogP contribution is 2.22. The summed E-state index contributed by atoms with van der Waals surface area (Å²) in [5.41, 5.74) is 0.530. The van der Waals surface area contributed by atoms with Crippen LogP contribution in [0.2, 0.25) is 0 Å². The molecule has 1 N–H and O–H groups in total. The van der Waals surface area contributed by atoms with Crippen molar-refractivity contribution in [1.82, 2.24) is 14.8 Å². The minimum atomic E-state index is -0.654. The molecule has 0 fully saturated rings. The van der Waals surface area contributed by atoms with E-state index in [2.05, 4.69) is 15.4 Å². The van der Waals surface area contributed by atoms with E-state index >= 15 is 0 Å². The fraction of sp³-hybridized carbons (Fsp3) is 0.250. The molecule has 8 heteroatoms. The van der Waals surface area contributed by atoms with E-state index in [-0.39, 0.29) is 11.4 Å². The number of nitrogens with zero attached hydrogens (tertiary/aromatic N) is 4. The third-order valence-corrected chi connectivity index (χ3v) is 2.83. The molecule has 0 spiro atoms. The lowest BCUT2D eigenvalue weighted by Crippen LogP contribution is -2.15. The van der Waals surface area contributed by atoms with Crippen molar-refractivity contribution < 1.29 is 9.72 Å². The SMILES string of the molecule is Cc1cccc(NC(=O)c2nn(C)c(C)c2[N+](=O)[O-])n1. The molecule has 0 aromatic carbocycles. The number of pyridine rings is 1. The number of hydrogen-bond donors (Lipinski definition) is 1. The summed E-state index contributed by atoms with van der Waals surface area (Å²) in [6.45, 7) is 3.32. The van der Waals surface area contributed by atoms with Crippen molar-refractivity contribution in [2.45, 2.75) is 13.8 Å². The zero-order valence-corrected chi connectivity index (χ0v) is 11.2. The van der Waals surface area contributed by atoms with Gasteiger partial charge in [-0.05, 0) is 26.0 Å². The Morgan fingerprint density at radius 2 is 2.10 bits per heavy atom. The molecular formula is C12H13N5O3. The number of hydrogen-bond acceptors (Lipinski definition) is 5. The number of anilines is 1. The Morgan fingerprint density at radius 3 is 2.70 bits per heavy atom. The van der Waals surface area contributed by atoms with Crippen molar-refractivity contribution in [3.8, 4) is 0 Å². The first kappa shape index (κ1) is 13.7. The van der Waals surface area contributed by atoms with Crippen molar-refractivity contribution in [3.63, 3.8) is 0 Å². The summed E-state index contributed by atoms with van der Waals surface area (Å²) in [6, 6.07) is 5.12. The van der Waals surface area contributed by atoms with Gasteiger partial charge in [-0.1, -0.05) is 6.07 Å². The monoisotopic (exact) mass is 275 g/mol. The average molecular weight is 275 g/mol. The number of aromatic nitrogens is 3. The molecule has 0 radical (unpaired) electrons. The largest absolute Gasteiger partial charge is 0.322 e. The van der Waals surface area contributed by atoms with Crippen LogP contribution >= 0.6 is 0 Å². The first-order chi connectivity index (χ1) is 9.40. The highest BCUT2D eigenvalue weighted by atomic mass is 16.6. The fourth-order valence-corrected chi connectivity index (χ4v) is 1.76. The molecule has 2 heterocycles. The molecule has 0 saturated heterocycles. The zero-order chi connectivity index (χ0) is 14.9. The Hall–Kier alpha value is -2.77. The number of nitrogens with one attached hydrogen (secondary N) is 1. The molecule has 20 heavy (non-hydrogen) atoms. The molecule has 0 aliphatic carbocycles. The lowest BCUT2D eigenvalue weighted by atomic mass is 10.3. The number of amides is 1. The van der Waals surface area contributed by atoms with Crippen molar-refractivity contribution in [1.29, 1.82) is 0 Å². The van der Waals surface area contributed by atoms with E-state index in [0.717, 1.165) is 5.69 Å². The third kappa shape index (κ3) is 2.48. The molecule has 0 atom stereocenters. The van der Waals surface area contributed by atoms with Gasteiger partial charge < -0.3 is 5.32 Å². The maximum Gasteiger partial charge on any atom is 0.322 e. The van der Waals surface area contributed by atoms with Gasteiger partial charge in [0.1, 0.15) is 11.5 Å². The molecule has 8 nitrogen and oxygen atoms in total. The van der Waals surface area contributed by atoms with Gasteiger partial charge in [-0.15, -0.1) is 0 Å². The molecular weight excluding hydrogens is 262 g/mol. The van der Waals surface area contributed by atoms with Crippen LogP contribution in [0.4, 0.5) is 11.5 Å². The normalized spacial score (nSPS) is 10.3. The minimum Gasteiger partial charge on any atom is -0.305 e. The first-order valence-corrected chi connectivity index (χ1v) is 5.83. The number of nitro groups is 1. The first-order valence-electron chi connectivity index (χ1n) is 5.83. The highest BCUT2D eigenvalue weighted by Gasteiger charge is 2.29. The van der Waals surface area contributed by atoms with Gasteiger partial charge in [0, 0.05) is 12.7 Å². The molecule has 2 rings (SSSR count). The molecule has 0 unspecified atom stereocenters. The van der Waals surface area contributed by atoms with Crippen molar-refractivity contribution in [3.05, 3.63) is 45.4 Å². The van der Waals surface area contributed by atoms with Crippen LogP contribution in [-0.4, -0.2) is 25.6 Å². The second-order valence-corrected chi connectivity index (χ2v) is 4.28. The van der Waals surface area contributed by atoms with E-state index in [4.69, 9.17) is 0 Å². The molecule has 0 aliphatic heterocycles. The zero-order valence-electron chi connectivity index (χ0n) is 11.2. The molecule has 2 aromatic heterocycles. The maximum atomic E-state index is 12.1. The van der Waals surface area contributed by atoms with Crippen molar-refractivity contribution in [2.24, 2.45) is 7.05 Å². The van der Waals surface area contributed by atoms with Crippen LogP contribution in [0.5, 0.6) is 0 Å². The van der Waals surface area contributed by atoms with Crippen LogP contribution in [0, 0.1) is 24.0 Å². The molecule has 104 valence electrons. The van der Waals surface area contributed by atoms with Gasteiger partial charge in [0.2, 0.25) is 5.69 Å². The topological polar surface area (TPSA) is 103 Å². The van der Waals surface area contributed by atoms with Gasteiger partial charge in [0.15, 0.2) is 0 Å². The Morgan fingerprint density at radius 1 is 1.40 bits per heavy atom. The number of carbonyl (C=O) groups excluding carboxylic acids is 1. The number of rotatable bonds is 3. The summed E-state index contributed by atoms with van der Waals surface area (Å²) in [5.74, 6) is -0.328. The minimum absolute atomic E-state index is 0.224. The fourth-order valence-electron chi connectivity index (χ4n) is 1.76. The second-order valence-electron chi connectivity index (χ2n) is 4.28. The molecule has 0 bridgehead atoms. The van der Waals surface area contributed by atoms with E-state index in [0.29, 0.717) is 11.5 Å². The summed E-state index contributed by atoms with van der Waals surface area (Å²) in [6.07, 6.45) is 0. The summed E-state index contributed by atoms with van der Waals surface area (Å²) >= 11 is 0. The molecule has 2 aromatic rings. The Labute approximate surface area is 114 Å². The van der Waals surface area contributed by atoms with Gasteiger partial charge in [0.05, 0.1) is 4.92 Å². The molecule has 0 aliphatic rings. The van der Waals surface area contributed by atoms with Crippen molar-refractivity contribution in [2.75, 3.05) is 5.32 Å². The number of carbonyl (C=O) groups is 1. The van der Waals surface area contributed by atoms with Gasteiger partial charge in [-0.25, -0.2) is 4.98 Å². The van der Waals surface area contributed by atoms with E-state index in [1.807, 2.05) is 0 Å². The van der Waals surface area contributed by atoms with Crippen LogP contribution in [0.15, 0.2) is 18.2 Å². The highest BCUT2D eigenvalue weighted by molar-refractivity contribution is 6.05. The predicted octanol–water partition coefficient (Wildman–Crippen LogP) is 1.59. The summed E-state index contributed by atoms with van der Waals surface area (Å²) in [4.78, 5) is 26.6. The van der Waals surface area contributed by atoms with Crippen LogP contribution in [0.3, 0.4) is 0 Å². The van der Waals surface area contributed by atoms with Crippen molar-refractivity contribution >= 4 is 17.4 Å². The van der Waals surface area contributed by atoms with Crippen LogP contribution < -0.4 is 5.32 Å². The Balaban J connectivity index is 2.35. The quantitative estimate of drug-likeness (QED) is 0.676. The molecule has 0 saturated carbocycles. The van der Waals surface area contributed by atoms with Gasteiger partial charge in [-0.2, -0.15) is 5.10 Å². The molecule has 1 amide bonds. The predicted molar refractivity (Wildman–Crippen MR) is 71.5 cm³/mol. The van der Waals surface area contributed by atoms with Gasteiger partial charge in [-0.3, -0.25) is 19.6 Å². The maximum absolute atomic E-state index is 12.1. The summed E-state index contributed by atoms with van der Waals surface area (Å²) < 4.78 is 1.30. The van der Waals surface area contributed by atoms with E-state index in [9.17, 15) is 14.9 Å². The Kier molecular flexibility index (Phi) is 3.47. The lowest BCUT2D eigenvalue weighted by Gasteiger charge is -2.02. The standard InChI is InChI=1S/C12H13N5O3/c1-7-5-4-6-9(13-7)14-12(18)10-11(17(19)20)8(2)16(3)15-10/h4-6H,1-3H3,(H,13,14,18). The summed E-state index contributed by atoms with van der Waals surface area (Å²) in [7, 11) is 1.55. The van der Waals surface area contributed by atoms with Crippen LogP contribution in [-0.2, 0) is 7.05 Å². The van der Waals surface area contributed by atoms with E-state index in [1.54, 1.807) is 32.2 Å². The third-order valence-electron chi connectivity index (χ3n) is 2.83. The second kappa shape index (κ2) is 5.08. The van der Waals surface area contributed by atoms with Gasteiger partial charge >= 0.3 is 5.69 Å². The van der Waals surface area contributed by atoms with Crippen LogP contribution in [0.1, 0.15) is 21.9 Å². The van der Waals surface area contributed by atoms with Crippen LogP contribution in [0.25, 0.3) is 0 Å².